The highest BCUT2D eigenvalue weighted by Crippen LogP contribution is 2.36. The Hall–Kier alpha value is -4.90. The molecule has 4 aromatic rings. The van der Waals surface area contributed by atoms with Crippen molar-refractivity contribution in [3.63, 3.8) is 0 Å². The lowest BCUT2D eigenvalue weighted by atomic mass is 10.0. The lowest BCUT2D eigenvalue weighted by molar-refractivity contribution is -0.140. The van der Waals surface area contributed by atoms with Gasteiger partial charge < -0.3 is 19.7 Å². The van der Waals surface area contributed by atoms with Crippen molar-refractivity contribution in [1.29, 1.82) is 0 Å². The van der Waals surface area contributed by atoms with Gasteiger partial charge >= 0.3 is 0 Å². The molecule has 4 rings (SSSR count). The van der Waals surface area contributed by atoms with Crippen molar-refractivity contribution in [1.82, 2.24) is 10.2 Å². The Morgan fingerprint density at radius 2 is 1.49 bits per heavy atom. The summed E-state index contributed by atoms with van der Waals surface area (Å²) < 4.78 is 54.3. The molecule has 0 bridgehead atoms. The molecule has 2 amide bonds. The summed E-state index contributed by atoms with van der Waals surface area (Å²) in [6, 6.07) is 26.1. The van der Waals surface area contributed by atoms with Crippen LogP contribution in [0.1, 0.15) is 31.4 Å². The lowest BCUT2D eigenvalue weighted by Crippen LogP contribution is -2.54. The third kappa shape index (κ3) is 8.88. The Labute approximate surface area is 276 Å². The Morgan fingerprint density at radius 1 is 0.851 bits per heavy atom. The summed E-state index contributed by atoms with van der Waals surface area (Å²) in [4.78, 5) is 29.9. The number of halogens is 1. The van der Waals surface area contributed by atoms with Gasteiger partial charge in [0.2, 0.25) is 11.8 Å². The Kier molecular flexibility index (Phi) is 12.0. The van der Waals surface area contributed by atoms with E-state index in [4.69, 9.17) is 9.47 Å². The molecule has 0 aliphatic heterocycles. The number of methoxy groups -OCH3 is 2. The molecule has 1 N–H and O–H groups in total. The van der Waals surface area contributed by atoms with Crippen molar-refractivity contribution in [3.05, 3.63) is 120 Å². The number of amides is 2. The number of ether oxygens (including phenoxy) is 2. The topological polar surface area (TPSA) is 105 Å². The fourth-order valence-corrected chi connectivity index (χ4v) is 6.44. The number of carbonyl (C=O) groups is 2. The van der Waals surface area contributed by atoms with Crippen LogP contribution in [0.15, 0.2) is 108 Å². The molecule has 0 saturated carbocycles. The second-order valence-electron chi connectivity index (χ2n) is 11.0. The summed E-state index contributed by atoms with van der Waals surface area (Å²) in [5.74, 6) is -0.959. The second kappa shape index (κ2) is 16.1. The van der Waals surface area contributed by atoms with Gasteiger partial charge in [0, 0.05) is 25.1 Å². The minimum Gasteiger partial charge on any atom is -0.497 e. The van der Waals surface area contributed by atoms with Gasteiger partial charge in [0.05, 0.1) is 24.8 Å². The van der Waals surface area contributed by atoms with E-state index in [2.05, 4.69) is 5.32 Å². The molecule has 4 aromatic carbocycles. The standard InChI is InChI=1S/C36H40FN3O6S/c1-5-26(2)38-36(42)33(22-27-12-8-6-9-13-27)39(24-28-16-18-29(37)19-17-28)35(41)25-40(47(43,44)31-14-10-7-11-15-31)32-23-30(45-3)20-21-34(32)46-4/h6-21,23,26,33H,5,22,24-25H2,1-4H3,(H,38,42)/t26-,33+/m0/s1. The van der Waals surface area contributed by atoms with Crippen LogP contribution in [0.5, 0.6) is 11.5 Å². The van der Waals surface area contributed by atoms with Crippen LogP contribution in [-0.2, 0) is 32.6 Å². The molecule has 0 aromatic heterocycles. The van der Waals surface area contributed by atoms with E-state index in [1.165, 1.54) is 61.6 Å². The number of benzene rings is 4. The molecule has 0 spiro atoms. The van der Waals surface area contributed by atoms with Crippen molar-refractivity contribution < 1.29 is 31.9 Å². The molecule has 47 heavy (non-hydrogen) atoms. The number of carbonyl (C=O) groups excluding carboxylic acids is 2. The van der Waals surface area contributed by atoms with Crippen LogP contribution in [0.3, 0.4) is 0 Å². The fourth-order valence-electron chi connectivity index (χ4n) is 5.01. The Morgan fingerprint density at radius 3 is 2.09 bits per heavy atom. The lowest BCUT2D eigenvalue weighted by Gasteiger charge is -2.34. The maximum atomic E-state index is 14.6. The molecule has 0 aliphatic carbocycles. The average Bonchev–Trinajstić information content (AvgIpc) is 3.09. The molecule has 0 unspecified atom stereocenters. The normalized spacial score (nSPS) is 12.4. The highest BCUT2D eigenvalue weighted by Gasteiger charge is 2.36. The van der Waals surface area contributed by atoms with Crippen LogP contribution < -0.4 is 19.1 Å². The third-order valence-electron chi connectivity index (χ3n) is 7.80. The van der Waals surface area contributed by atoms with Gasteiger partial charge in [-0.15, -0.1) is 0 Å². The summed E-state index contributed by atoms with van der Waals surface area (Å²) in [5.41, 5.74) is 1.44. The zero-order chi connectivity index (χ0) is 34.0. The highest BCUT2D eigenvalue weighted by molar-refractivity contribution is 7.92. The van der Waals surface area contributed by atoms with Crippen molar-refractivity contribution >= 4 is 27.5 Å². The van der Waals surface area contributed by atoms with Crippen LogP contribution in [0.2, 0.25) is 0 Å². The van der Waals surface area contributed by atoms with Gasteiger partial charge in [-0.2, -0.15) is 0 Å². The number of nitrogens with zero attached hydrogens (tertiary/aromatic N) is 2. The van der Waals surface area contributed by atoms with Crippen LogP contribution >= 0.6 is 0 Å². The maximum absolute atomic E-state index is 14.6. The van der Waals surface area contributed by atoms with E-state index in [1.54, 1.807) is 30.3 Å². The van der Waals surface area contributed by atoms with E-state index in [0.29, 0.717) is 17.7 Å². The van der Waals surface area contributed by atoms with Crippen molar-refractivity contribution in [2.24, 2.45) is 0 Å². The zero-order valence-electron chi connectivity index (χ0n) is 26.9. The van der Waals surface area contributed by atoms with E-state index in [9.17, 15) is 22.4 Å². The van der Waals surface area contributed by atoms with Crippen LogP contribution in [0, 0.1) is 5.82 Å². The second-order valence-corrected chi connectivity index (χ2v) is 12.9. The van der Waals surface area contributed by atoms with E-state index in [-0.39, 0.29) is 35.3 Å². The Balaban J connectivity index is 1.86. The van der Waals surface area contributed by atoms with Gasteiger partial charge in [-0.05, 0) is 60.9 Å². The molecule has 248 valence electrons. The zero-order valence-corrected chi connectivity index (χ0v) is 27.7. The first-order valence-corrected chi connectivity index (χ1v) is 16.7. The summed E-state index contributed by atoms with van der Waals surface area (Å²) >= 11 is 0. The summed E-state index contributed by atoms with van der Waals surface area (Å²) in [6.07, 6.45) is 0.818. The van der Waals surface area contributed by atoms with Crippen molar-refractivity contribution in [3.8, 4) is 11.5 Å². The molecule has 0 saturated heterocycles. The highest BCUT2D eigenvalue weighted by atomic mass is 32.2. The number of nitrogens with one attached hydrogen (secondary N) is 1. The van der Waals surface area contributed by atoms with Gasteiger partial charge in [0.25, 0.3) is 10.0 Å². The largest absolute Gasteiger partial charge is 0.497 e. The molecule has 11 heteroatoms. The molecular formula is C36H40FN3O6S. The van der Waals surface area contributed by atoms with Gasteiger partial charge in [-0.1, -0.05) is 67.6 Å². The third-order valence-corrected chi connectivity index (χ3v) is 9.58. The first-order valence-electron chi connectivity index (χ1n) is 15.2. The predicted octanol–water partition coefficient (Wildman–Crippen LogP) is 5.59. The van der Waals surface area contributed by atoms with E-state index >= 15 is 0 Å². The van der Waals surface area contributed by atoms with Gasteiger partial charge in [-0.25, -0.2) is 12.8 Å². The van der Waals surface area contributed by atoms with Crippen molar-refractivity contribution in [2.45, 2.75) is 50.2 Å². The fraction of sp³-hybridized carbons (Fsp3) is 0.278. The predicted molar refractivity (Wildman–Crippen MR) is 179 cm³/mol. The van der Waals surface area contributed by atoms with E-state index < -0.39 is 40.2 Å². The summed E-state index contributed by atoms with van der Waals surface area (Å²) in [5, 5.41) is 2.99. The van der Waals surface area contributed by atoms with E-state index in [1.807, 2.05) is 44.2 Å². The number of sulfonamides is 1. The number of rotatable bonds is 15. The van der Waals surface area contributed by atoms with Crippen LogP contribution in [0.4, 0.5) is 10.1 Å². The number of anilines is 1. The smallest absolute Gasteiger partial charge is 0.264 e. The monoisotopic (exact) mass is 661 g/mol. The first-order chi connectivity index (χ1) is 22.6. The maximum Gasteiger partial charge on any atom is 0.264 e. The molecule has 9 nitrogen and oxygen atoms in total. The summed E-state index contributed by atoms with van der Waals surface area (Å²) in [7, 11) is -1.50. The van der Waals surface area contributed by atoms with Gasteiger partial charge in [0.15, 0.2) is 0 Å². The summed E-state index contributed by atoms with van der Waals surface area (Å²) in [6.45, 7) is 3.04. The van der Waals surface area contributed by atoms with Gasteiger partial charge in [-0.3, -0.25) is 13.9 Å². The minimum atomic E-state index is -4.35. The first kappa shape index (κ1) is 35.0. The van der Waals surface area contributed by atoms with Crippen molar-refractivity contribution in [2.75, 3.05) is 25.1 Å². The quantitative estimate of drug-likeness (QED) is 0.178. The van der Waals surface area contributed by atoms with E-state index in [0.717, 1.165) is 9.87 Å². The van der Waals surface area contributed by atoms with Gasteiger partial charge in [0.1, 0.15) is 29.9 Å². The van der Waals surface area contributed by atoms with Crippen LogP contribution in [0.25, 0.3) is 0 Å². The molecule has 0 radical (unpaired) electrons. The Bertz CT molecular complexity index is 1740. The SMILES string of the molecule is CC[C@H](C)NC(=O)[C@@H](Cc1ccccc1)N(Cc1ccc(F)cc1)C(=O)CN(c1cc(OC)ccc1OC)S(=O)(=O)c1ccccc1. The van der Waals surface area contributed by atoms with Crippen LogP contribution in [-0.4, -0.2) is 58.0 Å². The average molecular weight is 662 g/mol. The minimum absolute atomic E-state index is 0.0434. The molecule has 0 heterocycles. The number of hydrogen-bond donors (Lipinski definition) is 1. The molecular weight excluding hydrogens is 621 g/mol. The molecule has 0 aliphatic rings. The molecule has 2 atom stereocenters. The molecule has 0 fully saturated rings. The number of hydrogen-bond acceptors (Lipinski definition) is 6.